The lowest BCUT2D eigenvalue weighted by molar-refractivity contribution is 0.122. The van der Waals surface area contributed by atoms with Gasteiger partial charge in [0.15, 0.2) is 0 Å². The molecule has 1 aliphatic carbocycles. The van der Waals surface area contributed by atoms with E-state index in [0.717, 1.165) is 82.4 Å². The fraction of sp³-hybridized carbons (Fsp3) is 0.737. The molecule has 142 valence electrons. The molecule has 1 saturated carbocycles. The number of hydrogen-bond acceptors (Lipinski definition) is 5. The van der Waals surface area contributed by atoms with Crippen molar-refractivity contribution in [2.24, 2.45) is 0 Å². The van der Waals surface area contributed by atoms with Crippen LogP contribution in [-0.4, -0.2) is 66.3 Å². The number of fused-ring (bicyclic) bond motifs is 1. The largest absolute Gasteiger partial charge is 0.378 e. The second-order valence-electron chi connectivity index (χ2n) is 7.55. The second-order valence-corrected chi connectivity index (χ2v) is 7.55. The molecule has 0 atom stereocenters. The predicted octanol–water partition coefficient (Wildman–Crippen LogP) is 1.67. The number of ether oxygens (including phenoxy) is 1. The van der Waals surface area contributed by atoms with Crippen LogP contribution in [0.3, 0.4) is 0 Å². The van der Waals surface area contributed by atoms with Gasteiger partial charge >= 0.3 is 6.03 Å². The summed E-state index contributed by atoms with van der Waals surface area (Å²) in [6.45, 7) is 6.68. The number of anilines is 1. The molecular formula is C19H29N5O2. The van der Waals surface area contributed by atoms with E-state index in [4.69, 9.17) is 14.7 Å². The van der Waals surface area contributed by atoms with E-state index >= 15 is 0 Å². The zero-order chi connectivity index (χ0) is 17.9. The minimum absolute atomic E-state index is 0.0868. The molecule has 1 aromatic heterocycles. The van der Waals surface area contributed by atoms with Gasteiger partial charge in [-0.1, -0.05) is 12.8 Å². The molecule has 0 spiro atoms. The van der Waals surface area contributed by atoms with Gasteiger partial charge in [0.05, 0.1) is 18.9 Å². The van der Waals surface area contributed by atoms with Crippen molar-refractivity contribution in [3.05, 3.63) is 17.0 Å². The van der Waals surface area contributed by atoms with Crippen molar-refractivity contribution < 1.29 is 9.53 Å². The summed E-state index contributed by atoms with van der Waals surface area (Å²) in [6.07, 6.45) is 6.34. The van der Waals surface area contributed by atoms with E-state index in [1.807, 2.05) is 4.90 Å². The van der Waals surface area contributed by atoms with Gasteiger partial charge in [0, 0.05) is 44.3 Å². The first-order chi connectivity index (χ1) is 12.7. The van der Waals surface area contributed by atoms with Gasteiger partial charge in [0.25, 0.3) is 0 Å². The highest BCUT2D eigenvalue weighted by atomic mass is 16.5. The first-order valence-corrected chi connectivity index (χ1v) is 9.95. The molecule has 2 fully saturated rings. The lowest BCUT2D eigenvalue weighted by Crippen LogP contribution is -2.45. The molecule has 0 unspecified atom stereocenters. The molecule has 1 aromatic rings. The number of hydrogen-bond donors (Lipinski definition) is 1. The summed E-state index contributed by atoms with van der Waals surface area (Å²) in [6, 6.07) is 0.450. The zero-order valence-electron chi connectivity index (χ0n) is 15.7. The molecule has 0 aromatic carbocycles. The summed E-state index contributed by atoms with van der Waals surface area (Å²) in [5.41, 5.74) is 3.38. The van der Waals surface area contributed by atoms with Gasteiger partial charge in [0.2, 0.25) is 5.95 Å². The average molecular weight is 359 g/mol. The molecular weight excluding hydrogens is 330 g/mol. The molecule has 4 rings (SSSR count). The molecule has 1 N–H and O–H groups in total. The highest BCUT2D eigenvalue weighted by Crippen LogP contribution is 2.22. The fourth-order valence-electron chi connectivity index (χ4n) is 4.21. The Labute approximate surface area is 155 Å². The first-order valence-electron chi connectivity index (χ1n) is 9.95. The number of amides is 2. The Balaban J connectivity index is 1.45. The van der Waals surface area contributed by atoms with Crippen LogP contribution in [-0.2, 0) is 17.6 Å². The van der Waals surface area contributed by atoms with Crippen LogP contribution in [0.15, 0.2) is 0 Å². The third kappa shape index (κ3) is 3.77. The highest BCUT2D eigenvalue weighted by Gasteiger charge is 2.25. The summed E-state index contributed by atoms with van der Waals surface area (Å²) >= 11 is 0. The summed E-state index contributed by atoms with van der Waals surface area (Å²) in [5, 5.41) is 3.21. The van der Waals surface area contributed by atoms with Crippen LogP contribution in [0, 0.1) is 6.92 Å². The average Bonchev–Trinajstić information content (AvgIpc) is 3.06. The lowest BCUT2D eigenvalue weighted by Gasteiger charge is -2.27. The van der Waals surface area contributed by atoms with E-state index in [1.165, 1.54) is 18.4 Å². The monoisotopic (exact) mass is 359 g/mol. The van der Waals surface area contributed by atoms with Crippen molar-refractivity contribution in [1.82, 2.24) is 20.2 Å². The number of nitrogens with one attached hydrogen (secondary N) is 1. The van der Waals surface area contributed by atoms with Gasteiger partial charge in [0.1, 0.15) is 0 Å². The number of carbonyl (C=O) groups is 1. The van der Waals surface area contributed by atoms with E-state index in [9.17, 15) is 4.79 Å². The number of aryl methyl sites for hydroxylation is 1. The van der Waals surface area contributed by atoms with Crippen LogP contribution in [0.5, 0.6) is 0 Å². The molecule has 0 bridgehead atoms. The molecule has 0 radical (unpaired) electrons. The SMILES string of the molecule is Cc1nc(N2CCOCC2)nc2c1CCN(C(=O)NC1CCCC1)CC2. The number of morpholine rings is 1. The molecule has 2 aliphatic heterocycles. The van der Waals surface area contributed by atoms with Gasteiger partial charge < -0.3 is 19.9 Å². The fourth-order valence-corrected chi connectivity index (χ4v) is 4.21. The molecule has 3 aliphatic rings. The smallest absolute Gasteiger partial charge is 0.317 e. The van der Waals surface area contributed by atoms with E-state index < -0.39 is 0 Å². The maximum absolute atomic E-state index is 12.6. The first kappa shape index (κ1) is 17.5. The van der Waals surface area contributed by atoms with Crippen LogP contribution >= 0.6 is 0 Å². The molecule has 7 heteroatoms. The van der Waals surface area contributed by atoms with E-state index in [0.29, 0.717) is 6.04 Å². The summed E-state index contributed by atoms with van der Waals surface area (Å²) in [7, 11) is 0. The number of nitrogens with zero attached hydrogens (tertiary/aromatic N) is 4. The Morgan fingerprint density at radius 3 is 2.58 bits per heavy atom. The standard InChI is InChI=1S/C19H29N5O2/c1-14-16-6-8-24(19(25)21-15-4-2-3-5-15)9-7-17(16)22-18(20-14)23-10-12-26-13-11-23/h15H,2-13H2,1H3,(H,21,25). The van der Waals surface area contributed by atoms with Gasteiger partial charge in [-0.25, -0.2) is 14.8 Å². The van der Waals surface area contributed by atoms with Crippen molar-refractivity contribution in [3.8, 4) is 0 Å². The van der Waals surface area contributed by atoms with Crippen LogP contribution < -0.4 is 10.2 Å². The molecule has 3 heterocycles. The Morgan fingerprint density at radius 2 is 1.81 bits per heavy atom. The quantitative estimate of drug-likeness (QED) is 0.870. The second kappa shape index (κ2) is 7.78. The van der Waals surface area contributed by atoms with Crippen molar-refractivity contribution in [2.45, 2.75) is 51.5 Å². The molecule has 26 heavy (non-hydrogen) atoms. The number of rotatable bonds is 2. The lowest BCUT2D eigenvalue weighted by atomic mass is 10.1. The summed E-state index contributed by atoms with van der Waals surface area (Å²) < 4.78 is 5.43. The zero-order valence-corrected chi connectivity index (χ0v) is 15.7. The van der Waals surface area contributed by atoms with Gasteiger partial charge in [-0.3, -0.25) is 0 Å². The van der Waals surface area contributed by atoms with E-state index in [-0.39, 0.29) is 6.03 Å². The van der Waals surface area contributed by atoms with Crippen LogP contribution in [0.25, 0.3) is 0 Å². The third-order valence-electron chi connectivity index (χ3n) is 5.80. The summed E-state index contributed by atoms with van der Waals surface area (Å²) in [4.78, 5) is 26.4. The molecule has 7 nitrogen and oxygen atoms in total. The Kier molecular flexibility index (Phi) is 5.24. The van der Waals surface area contributed by atoms with Gasteiger partial charge in [-0.2, -0.15) is 0 Å². The number of aromatic nitrogens is 2. The topological polar surface area (TPSA) is 70.6 Å². The maximum atomic E-state index is 12.6. The number of urea groups is 1. The van der Waals surface area contributed by atoms with E-state index in [2.05, 4.69) is 17.1 Å². The normalized spacial score (nSPS) is 21.4. The summed E-state index contributed by atoms with van der Waals surface area (Å²) in [5.74, 6) is 0.813. The molecule has 1 saturated heterocycles. The van der Waals surface area contributed by atoms with Gasteiger partial charge in [-0.15, -0.1) is 0 Å². The predicted molar refractivity (Wildman–Crippen MR) is 99.6 cm³/mol. The van der Waals surface area contributed by atoms with Gasteiger partial charge in [-0.05, 0) is 31.7 Å². The number of carbonyl (C=O) groups excluding carboxylic acids is 1. The third-order valence-corrected chi connectivity index (χ3v) is 5.80. The van der Waals surface area contributed by atoms with Crippen LogP contribution in [0.1, 0.15) is 42.6 Å². The Bertz CT molecular complexity index is 654. The maximum Gasteiger partial charge on any atom is 0.317 e. The van der Waals surface area contributed by atoms with Crippen molar-refractivity contribution in [3.63, 3.8) is 0 Å². The van der Waals surface area contributed by atoms with Crippen LogP contribution in [0.4, 0.5) is 10.7 Å². The van der Waals surface area contributed by atoms with Crippen molar-refractivity contribution in [1.29, 1.82) is 0 Å². The van der Waals surface area contributed by atoms with E-state index in [1.54, 1.807) is 0 Å². The Hall–Kier alpha value is -1.89. The van der Waals surface area contributed by atoms with Crippen molar-refractivity contribution in [2.75, 3.05) is 44.3 Å². The Morgan fingerprint density at radius 1 is 1.08 bits per heavy atom. The molecule has 2 amide bonds. The minimum atomic E-state index is 0.0868. The highest BCUT2D eigenvalue weighted by molar-refractivity contribution is 5.74. The van der Waals surface area contributed by atoms with Crippen LogP contribution in [0.2, 0.25) is 0 Å². The van der Waals surface area contributed by atoms with Crippen molar-refractivity contribution >= 4 is 12.0 Å². The minimum Gasteiger partial charge on any atom is -0.378 e.